The Bertz CT molecular complexity index is 586. The molecule has 0 fully saturated rings. The Balaban J connectivity index is 2.03. The van der Waals surface area contributed by atoms with Crippen LogP contribution in [0.3, 0.4) is 0 Å². The van der Waals surface area contributed by atoms with Gasteiger partial charge in [-0.05, 0) is 25.1 Å². The van der Waals surface area contributed by atoms with Gasteiger partial charge in [0.15, 0.2) is 17.6 Å². The molecule has 112 valence electrons. The van der Waals surface area contributed by atoms with Crippen molar-refractivity contribution in [3.63, 3.8) is 0 Å². The van der Waals surface area contributed by atoms with E-state index >= 15 is 0 Å². The first-order valence-electron chi connectivity index (χ1n) is 6.18. The minimum Gasteiger partial charge on any atom is -0.486 e. The summed E-state index contributed by atoms with van der Waals surface area (Å²) in [5.74, 6) is -0.547. The molecule has 2 rings (SSSR count). The minimum atomic E-state index is -1.15. The van der Waals surface area contributed by atoms with Crippen molar-refractivity contribution in [2.24, 2.45) is 5.73 Å². The number of benzene rings is 1. The van der Waals surface area contributed by atoms with Crippen LogP contribution in [0.2, 0.25) is 0 Å². The number of imide groups is 1. The molecule has 1 aliphatic heterocycles. The third kappa shape index (κ3) is 3.62. The second kappa shape index (κ2) is 6.12. The summed E-state index contributed by atoms with van der Waals surface area (Å²) in [5.41, 5.74) is 5.01. The van der Waals surface area contributed by atoms with Crippen LogP contribution in [-0.2, 0) is 9.53 Å². The van der Waals surface area contributed by atoms with Gasteiger partial charge in [0.1, 0.15) is 13.2 Å². The second-order valence-electron chi connectivity index (χ2n) is 4.26. The predicted octanol–water partition coefficient (Wildman–Crippen LogP) is 0.198. The van der Waals surface area contributed by atoms with Crippen LogP contribution in [0.15, 0.2) is 18.2 Å². The fourth-order valence-electron chi connectivity index (χ4n) is 1.68. The molecule has 0 radical (unpaired) electrons. The molecule has 1 atom stereocenters. The SMILES string of the molecule is CC(OC(=O)c1ccc2c(c1)OCCO2)C(=O)NC(N)=O. The van der Waals surface area contributed by atoms with E-state index in [1.165, 1.54) is 19.1 Å². The van der Waals surface area contributed by atoms with Crippen LogP contribution in [-0.4, -0.2) is 37.2 Å². The van der Waals surface area contributed by atoms with Crippen molar-refractivity contribution >= 4 is 17.9 Å². The summed E-state index contributed by atoms with van der Waals surface area (Å²) in [7, 11) is 0. The number of nitrogens with one attached hydrogen (secondary N) is 1. The number of nitrogens with two attached hydrogens (primary N) is 1. The van der Waals surface area contributed by atoms with E-state index < -0.39 is 24.0 Å². The number of primary amides is 1. The van der Waals surface area contributed by atoms with Crippen molar-refractivity contribution in [3.8, 4) is 11.5 Å². The molecule has 0 saturated heterocycles. The number of fused-ring (bicyclic) bond motifs is 1. The lowest BCUT2D eigenvalue weighted by atomic mass is 10.2. The Kier molecular flexibility index (Phi) is 4.27. The number of esters is 1. The first-order chi connectivity index (χ1) is 9.97. The second-order valence-corrected chi connectivity index (χ2v) is 4.26. The number of rotatable bonds is 3. The molecule has 1 heterocycles. The van der Waals surface area contributed by atoms with E-state index in [1.807, 2.05) is 5.32 Å². The van der Waals surface area contributed by atoms with Crippen molar-refractivity contribution in [2.75, 3.05) is 13.2 Å². The zero-order valence-corrected chi connectivity index (χ0v) is 11.3. The largest absolute Gasteiger partial charge is 0.486 e. The number of ether oxygens (including phenoxy) is 3. The molecule has 3 amide bonds. The number of hydrogen-bond acceptors (Lipinski definition) is 6. The van der Waals surface area contributed by atoms with Crippen LogP contribution in [0, 0.1) is 0 Å². The Morgan fingerprint density at radius 1 is 1.24 bits per heavy atom. The summed E-state index contributed by atoms with van der Waals surface area (Å²) in [6.07, 6.45) is -1.15. The maximum Gasteiger partial charge on any atom is 0.339 e. The van der Waals surface area contributed by atoms with Crippen LogP contribution in [0.1, 0.15) is 17.3 Å². The van der Waals surface area contributed by atoms with E-state index in [4.69, 9.17) is 19.9 Å². The molecule has 0 saturated carbocycles. The van der Waals surface area contributed by atoms with Gasteiger partial charge < -0.3 is 19.9 Å². The highest BCUT2D eigenvalue weighted by Gasteiger charge is 2.21. The topological polar surface area (TPSA) is 117 Å². The number of hydrogen-bond donors (Lipinski definition) is 2. The molecule has 0 aromatic heterocycles. The molecule has 0 aliphatic carbocycles. The van der Waals surface area contributed by atoms with Crippen LogP contribution in [0.4, 0.5) is 4.79 Å². The van der Waals surface area contributed by atoms with E-state index in [-0.39, 0.29) is 5.56 Å². The van der Waals surface area contributed by atoms with Crippen molar-refractivity contribution in [1.29, 1.82) is 0 Å². The quantitative estimate of drug-likeness (QED) is 0.769. The lowest BCUT2D eigenvalue weighted by molar-refractivity contribution is -0.127. The number of amides is 3. The minimum absolute atomic E-state index is 0.206. The van der Waals surface area contributed by atoms with Crippen LogP contribution >= 0.6 is 0 Å². The molecule has 1 aromatic rings. The average Bonchev–Trinajstić information content (AvgIpc) is 2.45. The van der Waals surface area contributed by atoms with Crippen LogP contribution < -0.4 is 20.5 Å². The predicted molar refractivity (Wildman–Crippen MR) is 70.0 cm³/mol. The van der Waals surface area contributed by atoms with Gasteiger partial charge in [-0.15, -0.1) is 0 Å². The molecule has 3 N–H and O–H groups in total. The highest BCUT2D eigenvalue weighted by molar-refractivity contribution is 5.98. The van der Waals surface area contributed by atoms with Gasteiger partial charge in [0.2, 0.25) is 0 Å². The Morgan fingerprint density at radius 3 is 2.57 bits per heavy atom. The monoisotopic (exact) mass is 294 g/mol. The van der Waals surface area contributed by atoms with E-state index in [0.717, 1.165) is 0 Å². The van der Waals surface area contributed by atoms with Gasteiger partial charge in [0.25, 0.3) is 5.91 Å². The molecule has 1 aromatic carbocycles. The summed E-state index contributed by atoms with van der Waals surface area (Å²) in [5, 5.41) is 1.83. The van der Waals surface area contributed by atoms with Crippen molar-refractivity contribution in [2.45, 2.75) is 13.0 Å². The normalized spacial score (nSPS) is 14.0. The van der Waals surface area contributed by atoms with Gasteiger partial charge in [0.05, 0.1) is 5.56 Å². The van der Waals surface area contributed by atoms with Gasteiger partial charge in [-0.3, -0.25) is 10.1 Å². The maximum absolute atomic E-state index is 11.9. The Labute approximate surface area is 120 Å². The standard InChI is InChI=1S/C13H14N2O6/c1-7(11(16)15-13(14)18)21-12(17)8-2-3-9-10(6-8)20-5-4-19-9/h2-3,6-7H,4-5H2,1H3,(H3,14,15,16,18). The molecule has 8 heteroatoms. The van der Waals surface area contributed by atoms with Crippen molar-refractivity contribution in [3.05, 3.63) is 23.8 Å². The van der Waals surface area contributed by atoms with Gasteiger partial charge in [-0.25, -0.2) is 9.59 Å². The first-order valence-corrected chi connectivity index (χ1v) is 6.18. The Morgan fingerprint density at radius 2 is 1.90 bits per heavy atom. The lowest BCUT2D eigenvalue weighted by Gasteiger charge is -2.19. The summed E-state index contributed by atoms with van der Waals surface area (Å²) in [6, 6.07) is 3.53. The van der Waals surface area contributed by atoms with Crippen molar-refractivity contribution in [1.82, 2.24) is 5.32 Å². The molecule has 0 spiro atoms. The fourth-order valence-corrected chi connectivity index (χ4v) is 1.68. The first kappa shape index (κ1) is 14.6. The fraction of sp³-hybridized carbons (Fsp3) is 0.308. The molecule has 21 heavy (non-hydrogen) atoms. The zero-order valence-electron chi connectivity index (χ0n) is 11.3. The van der Waals surface area contributed by atoms with E-state index in [1.54, 1.807) is 6.07 Å². The van der Waals surface area contributed by atoms with E-state index in [0.29, 0.717) is 24.7 Å². The Hall–Kier alpha value is -2.77. The average molecular weight is 294 g/mol. The molecule has 1 aliphatic rings. The summed E-state index contributed by atoms with van der Waals surface area (Å²) >= 11 is 0. The molecule has 8 nitrogen and oxygen atoms in total. The maximum atomic E-state index is 11.9. The van der Waals surface area contributed by atoms with Crippen LogP contribution in [0.25, 0.3) is 0 Å². The summed E-state index contributed by atoms with van der Waals surface area (Å²) in [6.45, 7) is 2.16. The highest BCUT2D eigenvalue weighted by atomic mass is 16.6. The number of carbonyl (C=O) groups is 3. The van der Waals surface area contributed by atoms with Gasteiger partial charge in [-0.1, -0.05) is 0 Å². The molecular weight excluding hydrogens is 280 g/mol. The van der Waals surface area contributed by atoms with E-state index in [2.05, 4.69) is 0 Å². The zero-order chi connectivity index (χ0) is 15.4. The van der Waals surface area contributed by atoms with Crippen LogP contribution in [0.5, 0.6) is 11.5 Å². The van der Waals surface area contributed by atoms with Gasteiger partial charge >= 0.3 is 12.0 Å². The molecule has 1 unspecified atom stereocenters. The summed E-state index contributed by atoms with van der Waals surface area (Å²) in [4.78, 5) is 33.9. The number of carbonyl (C=O) groups excluding carboxylic acids is 3. The van der Waals surface area contributed by atoms with E-state index in [9.17, 15) is 14.4 Å². The third-order valence-corrected chi connectivity index (χ3v) is 2.68. The van der Waals surface area contributed by atoms with Gasteiger partial charge in [-0.2, -0.15) is 0 Å². The molecular formula is C13H14N2O6. The smallest absolute Gasteiger partial charge is 0.339 e. The third-order valence-electron chi connectivity index (χ3n) is 2.68. The lowest BCUT2D eigenvalue weighted by Crippen LogP contribution is -2.42. The number of urea groups is 1. The van der Waals surface area contributed by atoms with Crippen molar-refractivity contribution < 1.29 is 28.6 Å². The highest BCUT2D eigenvalue weighted by Crippen LogP contribution is 2.30. The molecule has 0 bridgehead atoms. The summed E-state index contributed by atoms with van der Waals surface area (Å²) < 4.78 is 15.6. The van der Waals surface area contributed by atoms with Gasteiger partial charge in [0, 0.05) is 0 Å².